The molecule has 21 heavy (non-hydrogen) atoms. The first-order chi connectivity index (χ1) is 10.3. The first-order valence-corrected chi connectivity index (χ1v) is 7.83. The van der Waals surface area contributed by atoms with Gasteiger partial charge in [0.05, 0.1) is 23.9 Å². The molecule has 1 amide bonds. The highest BCUT2D eigenvalue weighted by atomic mass is 16.5. The van der Waals surface area contributed by atoms with E-state index in [1.54, 1.807) is 6.20 Å². The van der Waals surface area contributed by atoms with Crippen LogP contribution in [0.1, 0.15) is 41.7 Å². The standard InChI is InChI=1S/C15H20N4O2/c20-14-12-8-16-15(18-5-1-2-6-18)17-13(12)10-19(14)9-11-4-3-7-21-11/h8,11H,1-7,9-10H2. The quantitative estimate of drug-likeness (QED) is 0.837. The number of hydrogen-bond acceptors (Lipinski definition) is 5. The van der Waals surface area contributed by atoms with Gasteiger partial charge < -0.3 is 14.5 Å². The van der Waals surface area contributed by atoms with Crippen molar-refractivity contribution in [3.63, 3.8) is 0 Å². The predicted molar refractivity (Wildman–Crippen MR) is 77.2 cm³/mol. The summed E-state index contributed by atoms with van der Waals surface area (Å²) in [6, 6.07) is 0. The van der Waals surface area contributed by atoms with Crippen LogP contribution >= 0.6 is 0 Å². The van der Waals surface area contributed by atoms with Gasteiger partial charge in [-0.2, -0.15) is 0 Å². The zero-order valence-corrected chi connectivity index (χ0v) is 12.1. The van der Waals surface area contributed by atoms with Crippen molar-refractivity contribution in [3.05, 3.63) is 17.5 Å². The van der Waals surface area contributed by atoms with Gasteiger partial charge in [-0.05, 0) is 25.7 Å². The highest BCUT2D eigenvalue weighted by molar-refractivity contribution is 5.97. The predicted octanol–water partition coefficient (Wildman–Crippen LogP) is 1.21. The second-order valence-electron chi connectivity index (χ2n) is 6.05. The number of ether oxygens (including phenoxy) is 1. The van der Waals surface area contributed by atoms with Crippen LogP contribution in [0.15, 0.2) is 6.20 Å². The molecule has 0 spiro atoms. The maximum absolute atomic E-state index is 12.4. The van der Waals surface area contributed by atoms with Crippen molar-refractivity contribution in [2.75, 3.05) is 31.1 Å². The molecule has 2 saturated heterocycles. The lowest BCUT2D eigenvalue weighted by molar-refractivity contribution is 0.0544. The Kier molecular flexibility index (Phi) is 3.25. The fraction of sp³-hybridized carbons (Fsp3) is 0.667. The van der Waals surface area contributed by atoms with Crippen molar-refractivity contribution in [1.82, 2.24) is 14.9 Å². The molecule has 0 radical (unpaired) electrons. The normalized spacial score (nSPS) is 25.0. The molecule has 0 aromatic carbocycles. The topological polar surface area (TPSA) is 58.6 Å². The van der Waals surface area contributed by atoms with Crippen LogP contribution in [0.25, 0.3) is 0 Å². The van der Waals surface area contributed by atoms with Gasteiger partial charge in [0.2, 0.25) is 5.95 Å². The van der Waals surface area contributed by atoms with E-state index in [1.165, 1.54) is 12.8 Å². The van der Waals surface area contributed by atoms with Crippen molar-refractivity contribution < 1.29 is 9.53 Å². The first-order valence-electron chi connectivity index (χ1n) is 7.83. The van der Waals surface area contributed by atoms with Gasteiger partial charge in [-0.1, -0.05) is 0 Å². The van der Waals surface area contributed by atoms with Gasteiger partial charge in [0, 0.05) is 32.4 Å². The van der Waals surface area contributed by atoms with E-state index in [0.717, 1.165) is 44.2 Å². The smallest absolute Gasteiger partial charge is 0.257 e. The molecule has 2 fully saturated rings. The molecular formula is C15H20N4O2. The fourth-order valence-electron chi connectivity index (χ4n) is 3.38. The molecule has 1 unspecified atom stereocenters. The Hall–Kier alpha value is -1.69. The van der Waals surface area contributed by atoms with Crippen LogP contribution in [0.5, 0.6) is 0 Å². The number of anilines is 1. The summed E-state index contributed by atoms with van der Waals surface area (Å²) in [4.78, 5) is 25.5. The highest BCUT2D eigenvalue weighted by Gasteiger charge is 2.32. The van der Waals surface area contributed by atoms with Crippen molar-refractivity contribution in [3.8, 4) is 0 Å². The largest absolute Gasteiger partial charge is 0.376 e. The van der Waals surface area contributed by atoms with Crippen LogP contribution in [0.4, 0.5) is 5.95 Å². The number of carbonyl (C=O) groups is 1. The van der Waals surface area contributed by atoms with Crippen LogP contribution in [0.2, 0.25) is 0 Å². The summed E-state index contributed by atoms with van der Waals surface area (Å²) in [5.74, 6) is 0.825. The average Bonchev–Trinajstić information content (AvgIpc) is 3.22. The minimum absolute atomic E-state index is 0.0495. The Morgan fingerprint density at radius 2 is 2.14 bits per heavy atom. The summed E-state index contributed by atoms with van der Waals surface area (Å²) in [7, 11) is 0. The number of hydrogen-bond donors (Lipinski definition) is 0. The van der Waals surface area contributed by atoms with Crippen molar-refractivity contribution >= 4 is 11.9 Å². The van der Waals surface area contributed by atoms with E-state index >= 15 is 0 Å². The molecule has 1 atom stereocenters. The van der Waals surface area contributed by atoms with Gasteiger partial charge in [0.25, 0.3) is 5.91 Å². The number of carbonyl (C=O) groups excluding carboxylic acids is 1. The summed E-state index contributed by atoms with van der Waals surface area (Å²) in [6.45, 7) is 4.13. The molecule has 4 rings (SSSR count). The van der Waals surface area contributed by atoms with Crippen LogP contribution in [-0.4, -0.2) is 53.1 Å². The van der Waals surface area contributed by atoms with E-state index < -0.39 is 0 Å². The molecule has 6 heteroatoms. The zero-order chi connectivity index (χ0) is 14.2. The van der Waals surface area contributed by atoms with E-state index in [9.17, 15) is 4.79 Å². The molecule has 6 nitrogen and oxygen atoms in total. The second kappa shape index (κ2) is 5.26. The molecule has 0 N–H and O–H groups in total. The molecule has 1 aromatic rings. The minimum atomic E-state index is 0.0495. The van der Waals surface area contributed by atoms with E-state index in [2.05, 4.69) is 14.9 Å². The van der Waals surface area contributed by atoms with E-state index in [0.29, 0.717) is 18.7 Å². The SMILES string of the molecule is O=C1c2cnc(N3CCCC3)nc2CN1CC1CCCO1. The van der Waals surface area contributed by atoms with Crippen LogP contribution in [-0.2, 0) is 11.3 Å². The van der Waals surface area contributed by atoms with Gasteiger partial charge in [-0.15, -0.1) is 0 Å². The van der Waals surface area contributed by atoms with Gasteiger partial charge in [-0.3, -0.25) is 4.79 Å². The molecule has 4 heterocycles. The highest BCUT2D eigenvalue weighted by Crippen LogP contribution is 2.25. The van der Waals surface area contributed by atoms with Crippen molar-refractivity contribution in [2.45, 2.75) is 38.3 Å². The zero-order valence-electron chi connectivity index (χ0n) is 12.1. The molecule has 3 aliphatic heterocycles. The maximum Gasteiger partial charge on any atom is 0.257 e. The van der Waals surface area contributed by atoms with E-state index in [1.807, 2.05) is 4.90 Å². The number of nitrogens with zero attached hydrogens (tertiary/aromatic N) is 4. The van der Waals surface area contributed by atoms with Gasteiger partial charge in [0.1, 0.15) is 0 Å². The van der Waals surface area contributed by atoms with E-state index in [-0.39, 0.29) is 12.0 Å². The molecule has 0 saturated carbocycles. The Balaban J connectivity index is 1.51. The molecule has 112 valence electrons. The van der Waals surface area contributed by atoms with Crippen LogP contribution < -0.4 is 4.90 Å². The molecular weight excluding hydrogens is 268 g/mol. The summed E-state index contributed by atoms with van der Waals surface area (Å²) in [6.07, 6.45) is 6.43. The molecule has 0 aliphatic carbocycles. The fourth-order valence-corrected chi connectivity index (χ4v) is 3.38. The van der Waals surface area contributed by atoms with Gasteiger partial charge >= 0.3 is 0 Å². The lowest BCUT2D eigenvalue weighted by Crippen LogP contribution is -2.32. The summed E-state index contributed by atoms with van der Waals surface area (Å²) in [5.41, 5.74) is 1.53. The Morgan fingerprint density at radius 1 is 1.29 bits per heavy atom. The molecule has 0 bridgehead atoms. The Morgan fingerprint density at radius 3 is 2.90 bits per heavy atom. The number of amides is 1. The summed E-state index contributed by atoms with van der Waals surface area (Å²) in [5, 5.41) is 0. The number of aromatic nitrogens is 2. The third-order valence-corrected chi connectivity index (χ3v) is 4.55. The number of fused-ring (bicyclic) bond motifs is 1. The lowest BCUT2D eigenvalue weighted by atomic mass is 10.2. The first kappa shape index (κ1) is 13.0. The van der Waals surface area contributed by atoms with Crippen LogP contribution in [0.3, 0.4) is 0 Å². The van der Waals surface area contributed by atoms with Crippen LogP contribution in [0, 0.1) is 0 Å². The summed E-state index contributed by atoms with van der Waals surface area (Å²) < 4.78 is 5.63. The molecule has 1 aromatic heterocycles. The monoisotopic (exact) mass is 288 g/mol. The van der Waals surface area contributed by atoms with Gasteiger partial charge in [0.15, 0.2) is 0 Å². The van der Waals surface area contributed by atoms with E-state index in [4.69, 9.17) is 4.74 Å². The minimum Gasteiger partial charge on any atom is -0.376 e. The van der Waals surface area contributed by atoms with Crippen molar-refractivity contribution in [1.29, 1.82) is 0 Å². The third-order valence-electron chi connectivity index (χ3n) is 4.55. The van der Waals surface area contributed by atoms with Gasteiger partial charge in [-0.25, -0.2) is 9.97 Å². The molecule has 3 aliphatic rings. The average molecular weight is 288 g/mol. The maximum atomic E-state index is 12.4. The lowest BCUT2D eigenvalue weighted by Gasteiger charge is -2.19. The third kappa shape index (κ3) is 2.37. The van der Waals surface area contributed by atoms with Crippen molar-refractivity contribution in [2.24, 2.45) is 0 Å². The number of rotatable bonds is 3. The Labute approximate surface area is 124 Å². The Bertz CT molecular complexity index is 551. The summed E-state index contributed by atoms with van der Waals surface area (Å²) >= 11 is 0. The second-order valence-corrected chi connectivity index (χ2v) is 6.05.